The molecule has 0 unspecified atom stereocenters. The molecule has 1 fully saturated rings. The standard InChI is InChI=1S/C18H23N7O4S2/c1-8-14(31-24-23-8)17(28)22-11-4-5-25(18(29)12-7-30-10(3)21-12)13(6-11)16(27)20-9(2)15(19)26/h7,9,11,13H,4-6H2,1-3H3,(H2,19,26)(H,20,27)(H,22,28)/t9-,11-,13+/m1/s1. The lowest BCUT2D eigenvalue weighted by Gasteiger charge is -2.38. The van der Waals surface area contributed by atoms with Crippen LogP contribution in [0, 0.1) is 13.8 Å². The van der Waals surface area contributed by atoms with Crippen molar-refractivity contribution in [3.05, 3.63) is 26.7 Å². The molecule has 4 N–H and O–H groups in total. The number of rotatable bonds is 6. The summed E-state index contributed by atoms with van der Waals surface area (Å²) in [6, 6.07) is -2.14. The molecule has 0 aliphatic carbocycles. The highest BCUT2D eigenvalue weighted by molar-refractivity contribution is 7.09. The monoisotopic (exact) mass is 465 g/mol. The Hall–Kier alpha value is -2.93. The topological polar surface area (TPSA) is 160 Å². The Bertz CT molecular complexity index is 1000. The van der Waals surface area contributed by atoms with Gasteiger partial charge in [0, 0.05) is 18.0 Å². The van der Waals surface area contributed by atoms with Gasteiger partial charge in [-0.3, -0.25) is 19.2 Å². The molecular formula is C18H23N7O4S2. The molecule has 166 valence electrons. The number of carbonyl (C=O) groups is 4. The highest BCUT2D eigenvalue weighted by Crippen LogP contribution is 2.22. The van der Waals surface area contributed by atoms with E-state index in [0.717, 1.165) is 16.5 Å². The van der Waals surface area contributed by atoms with E-state index in [2.05, 4.69) is 25.2 Å². The van der Waals surface area contributed by atoms with Crippen molar-refractivity contribution in [3.63, 3.8) is 0 Å². The lowest BCUT2D eigenvalue weighted by atomic mass is 9.95. The van der Waals surface area contributed by atoms with Gasteiger partial charge < -0.3 is 21.3 Å². The van der Waals surface area contributed by atoms with Crippen LogP contribution in [0.15, 0.2) is 5.38 Å². The second-order valence-corrected chi connectivity index (χ2v) is 9.10. The van der Waals surface area contributed by atoms with E-state index in [0.29, 0.717) is 17.0 Å². The zero-order valence-corrected chi connectivity index (χ0v) is 18.9. The normalized spacial score (nSPS) is 19.5. The van der Waals surface area contributed by atoms with Gasteiger partial charge in [0.1, 0.15) is 22.7 Å². The molecule has 0 radical (unpaired) electrons. The third-order valence-electron chi connectivity index (χ3n) is 4.98. The minimum atomic E-state index is -0.896. The molecule has 3 rings (SSSR count). The molecule has 1 saturated heterocycles. The maximum Gasteiger partial charge on any atom is 0.274 e. The number of nitrogens with two attached hydrogens (primary N) is 1. The second-order valence-electron chi connectivity index (χ2n) is 7.28. The molecule has 0 bridgehead atoms. The molecule has 0 saturated carbocycles. The predicted molar refractivity (Wildman–Crippen MR) is 114 cm³/mol. The van der Waals surface area contributed by atoms with Gasteiger partial charge in [0.2, 0.25) is 11.8 Å². The third kappa shape index (κ3) is 5.22. The maximum atomic E-state index is 13.0. The summed E-state index contributed by atoms with van der Waals surface area (Å²) in [7, 11) is 0. The molecule has 4 amide bonds. The van der Waals surface area contributed by atoms with Crippen molar-refractivity contribution >= 4 is 46.5 Å². The van der Waals surface area contributed by atoms with Crippen molar-refractivity contribution in [1.29, 1.82) is 0 Å². The number of hydrogen-bond donors (Lipinski definition) is 3. The minimum Gasteiger partial charge on any atom is -0.368 e. The van der Waals surface area contributed by atoms with Gasteiger partial charge in [-0.15, -0.1) is 16.4 Å². The van der Waals surface area contributed by atoms with E-state index in [-0.39, 0.29) is 36.5 Å². The van der Waals surface area contributed by atoms with Crippen LogP contribution in [0.1, 0.15) is 50.6 Å². The Labute approximate surface area is 186 Å². The second kappa shape index (κ2) is 9.47. The fourth-order valence-corrected chi connectivity index (χ4v) is 4.41. The molecule has 13 heteroatoms. The largest absolute Gasteiger partial charge is 0.368 e. The molecule has 3 atom stereocenters. The Morgan fingerprint density at radius 2 is 2.03 bits per heavy atom. The van der Waals surface area contributed by atoms with E-state index in [1.165, 1.54) is 23.2 Å². The van der Waals surface area contributed by atoms with E-state index in [9.17, 15) is 19.2 Å². The van der Waals surface area contributed by atoms with E-state index >= 15 is 0 Å². The smallest absolute Gasteiger partial charge is 0.274 e. The lowest BCUT2D eigenvalue weighted by molar-refractivity contribution is -0.131. The van der Waals surface area contributed by atoms with Gasteiger partial charge in [0.25, 0.3) is 11.8 Å². The third-order valence-corrected chi connectivity index (χ3v) is 6.58. The zero-order valence-electron chi connectivity index (χ0n) is 17.2. The van der Waals surface area contributed by atoms with E-state index in [4.69, 9.17) is 5.73 Å². The number of nitrogens with one attached hydrogen (secondary N) is 2. The number of thiazole rings is 1. The number of aryl methyl sites for hydroxylation is 2. The van der Waals surface area contributed by atoms with Crippen LogP contribution in [0.4, 0.5) is 0 Å². The van der Waals surface area contributed by atoms with Gasteiger partial charge in [0.15, 0.2) is 0 Å². The molecule has 0 aromatic carbocycles. The predicted octanol–water partition coefficient (Wildman–Crippen LogP) is 0.00464. The first-order chi connectivity index (χ1) is 14.7. The summed E-state index contributed by atoms with van der Waals surface area (Å²) in [5.74, 6) is -1.89. The fraction of sp³-hybridized carbons (Fsp3) is 0.500. The first-order valence-corrected chi connectivity index (χ1v) is 11.2. The molecule has 2 aromatic heterocycles. The van der Waals surface area contributed by atoms with Crippen LogP contribution in [-0.2, 0) is 9.59 Å². The summed E-state index contributed by atoms with van der Waals surface area (Å²) < 4.78 is 3.76. The molecule has 1 aliphatic rings. The molecule has 31 heavy (non-hydrogen) atoms. The molecular weight excluding hydrogens is 442 g/mol. The Morgan fingerprint density at radius 3 is 2.61 bits per heavy atom. The Kier molecular flexibility index (Phi) is 6.95. The molecule has 11 nitrogen and oxygen atoms in total. The average Bonchev–Trinajstić information content (AvgIpc) is 3.35. The first-order valence-electron chi connectivity index (χ1n) is 9.60. The number of hydrogen-bond acceptors (Lipinski definition) is 9. The number of nitrogens with zero attached hydrogens (tertiary/aromatic N) is 4. The Morgan fingerprint density at radius 1 is 1.29 bits per heavy atom. The van der Waals surface area contributed by atoms with Crippen LogP contribution >= 0.6 is 22.9 Å². The fourth-order valence-electron chi connectivity index (χ4n) is 3.27. The Balaban J connectivity index is 1.78. The first kappa shape index (κ1) is 22.7. The van der Waals surface area contributed by atoms with Crippen LogP contribution in [0.3, 0.4) is 0 Å². The summed E-state index contributed by atoms with van der Waals surface area (Å²) in [4.78, 5) is 55.9. The van der Waals surface area contributed by atoms with Gasteiger partial charge in [-0.1, -0.05) is 4.49 Å². The summed E-state index contributed by atoms with van der Waals surface area (Å²) in [5.41, 5.74) is 6.04. The summed E-state index contributed by atoms with van der Waals surface area (Å²) >= 11 is 2.34. The van der Waals surface area contributed by atoms with E-state index in [1.807, 2.05) is 0 Å². The van der Waals surface area contributed by atoms with Crippen molar-refractivity contribution in [2.45, 2.75) is 51.7 Å². The molecule has 2 aromatic rings. The van der Waals surface area contributed by atoms with Crippen LogP contribution < -0.4 is 16.4 Å². The summed E-state index contributed by atoms with van der Waals surface area (Å²) in [6.07, 6.45) is 0.643. The van der Waals surface area contributed by atoms with Gasteiger partial charge >= 0.3 is 0 Å². The number of piperidine rings is 1. The summed E-state index contributed by atoms with van der Waals surface area (Å²) in [6.45, 7) is 5.19. The van der Waals surface area contributed by atoms with E-state index < -0.39 is 23.9 Å². The summed E-state index contributed by atoms with van der Waals surface area (Å²) in [5, 5.41) is 11.7. The van der Waals surface area contributed by atoms with Crippen LogP contribution in [-0.4, -0.2) is 67.8 Å². The van der Waals surface area contributed by atoms with Gasteiger partial charge in [-0.05, 0) is 45.1 Å². The lowest BCUT2D eigenvalue weighted by Crippen LogP contribution is -2.59. The quantitative estimate of drug-likeness (QED) is 0.541. The van der Waals surface area contributed by atoms with Crippen molar-refractivity contribution in [1.82, 2.24) is 30.1 Å². The van der Waals surface area contributed by atoms with Crippen LogP contribution in [0.2, 0.25) is 0 Å². The van der Waals surface area contributed by atoms with E-state index in [1.54, 1.807) is 19.2 Å². The average molecular weight is 466 g/mol. The zero-order chi connectivity index (χ0) is 22.7. The highest BCUT2D eigenvalue weighted by atomic mass is 32.1. The number of aromatic nitrogens is 3. The van der Waals surface area contributed by atoms with Crippen molar-refractivity contribution in [2.24, 2.45) is 5.73 Å². The van der Waals surface area contributed by atoms with Gasteiger partial charge in [-0.25, -0.2) is 4.98 Å². The van der Waals surface area contributed by atoms with Gasteiger partial charge in [0.05, 0.1) is 10.7 Å². The number of carbonyl (C=O) groups excluding carboxylic acids is 4. The molecule has 0 spiro atoms. The number of likely N-dealkylation sites (tertiary alicyclic amines) is 1. The maximum absolute atomic E-state index is 13.0. The number of amides is 4. The molecule has 3 heterocycles. The minimum absolute atomic E-state index is 0.184. The van der Waals surface area contributed by atoms with Crippen molar-refractivity contribution in [3.8, 4) is 0 Å². The SMILES string of the molecule is Cc1nc(C(=O)N2CC[C@@H](NC(=O)c3snnc3C)C[C@H]2C(=O)N[C@H](C)C(N)=O)cs1. The van der Waals surface area contributed by atoms with Crippen molar-refractivity contribution in [2.75, 3.05) is 6.54 Å². The van der Waals surface area contributed by atoms with Crippen LogP contribution in [0.25, 0.3) is 0 Å². The van der Waals surface area contributed by atoms with Crippen LogP contribution in [0.5, 0.6) is 0 Å². The molecule has 1 aliphatic heterocycles. The highest BCUT2D eigenvalue weighted by Gasteiger charge is 2.38. The number of primary amides is 1. The van der Waals surface area contributed by atoms with Crippen molar-refractivity contribution < 1.29 is 19.2 Å². The van der Waals surface area contributed by atoms with Gasteiger partial charge in [-0.2, -0.15) is 0 Å².